The number of rotatable bonds is 7. The van der Waals surface area contributed by atoms with E-state index in [9.17, 15) is 9.18 Å². The van der Waals surface area contributed by atoms with Crippen LogP contribution in [0.2, 0.25) is 0 Å². The van der Waals surface area contributed by atoms with Gasteiger partial charge in [0, 0.05) is 5.39 Å². The highest BCUT2D eigenvalue weighted by atomic mass is 19.1. The number of furan rings is 1. The molecule has 0 bridgehead atoms. The lowest BCUT2D eigenvalue weighted by atomic mass is 10.2. The largest absolute Gasteiger partial charge is 0.490 e. The summed E-state index contributed by atoms with van der Waals surface area (Å²) in [6.45, 7) is 3.77. The number of hydrazone groups is 1. The molecule has 6 nitrogen and oxygen atoms in total. The normalized spacial score (nSPS) is 11.4. The number of hydrogen-bond donors (Lipinski definition) is 1. The molecule has 140 valence electrons. The Hall–Kier alpha value is -3.35. The first-order valence-corrected chi connectivity index (χ1v) is 8.44. The van der Waals surface area contributed by atoms with Crippen LogP contribution < -0.4 is 14.9 Å². The van der Waals surface area contributed by atoms with Crippen molar-refractivity contribution in [3.05, 3.63) is 60.1 Å². The number of nitrogens with zero attached hydrogens (tertiary/aromatic N) is 1. The van der Waals surface area contributed by atoms with Crippen molar-refractivity contribution < 1.29 is 23.1 Å². The van der Waals surface area contributed by atoms with Crippen LogP contribution in [0.15, 0.2) is 58.0 Å². The van der Waals surface area contributed by atoms with E-state index in [1.807, 2.05) is 31.2 Å². The van der Waals surface area contributed by atoms with Crippen LogP contribution in [0.1, 0.15) is 19.6 Å². The van der Waals surface area contributed by atoms with Crippen LogP contribution in [0, 0.1) is 5.82 Å². The van der Waals surface area contributed by atoms with Crippen LogP contribution in [0.3, 0.4) is 0 Å². The second-order valence-corrected chi connectivity index (χ2v) is 5.67. The van der Waals surface area contributed by atoms with Crippen molar-refractivity contribution in [2.24, 2.45) is 5.10 Å². The molecule has 0 saturated heterocycles. The molecular weight excluding hydrogens is 351 g/mol. The first-order valence-electron chi connectivity index (χ1n) is 8.44. The zero-order chi connectivity index (χ0) is 19.2. The fourth-order valence-corrected chi connectivity index (χ4v) is 2.42. The van der Waals surface area contributed by atoms with Crippen molar-refractivity contribution in [2.45, 2.75) is 13.8 Å². The van der Waals surface area contributed by atoms with E-state index in [-0.39, 0.29) is 12.4 Å². The summed E-state index contributed by atoms with van der Waals surface area (Å²) in [5.74, 6) is 0.124. The third kappa shape index (κ3) is 4.44. The van der Waals surface area contributed by atoms with Gasteiger partial charge in [-0.1, -0.05) is 24.3 Å². The Morgan fingerprint density at radius 2 is 1.93 bits per heavy atom. The summed E-state index contributed by atoms with van der Waals surface area (Å²) < 4.78 is 29.9. The van der Waals surface area contributed by atoms with Crippen molar-refractivity contribution >= 4 is 22.6 Å². The number of ether oxygens (including phenoxy) is 2. The molecule has 3 aromatic rings. The average molecular weight is 370 g/mol. The number of halogens is 1. The maximum Gasteiger partial charge on any atom is 0.277 e. The van der Waals surface area contributed by atoms with Gasteiger partial charge >= 0.3 is 0 Å². The van der Waals surface area contributed by atoms with Crippen LogP contribution >= 0.6 is 0 Å². The number of benzene rings is 2. The van der Waals surface area contributed by atoms with Crippen LogP contribution in [0.25, 0.3) is 11.0 Å². The maximum absolute atomic E-state index is 13.5. The van der Waals surface area contributed by atoms with Crippen molar-refractivity contribution in [3.63, 3.8) is 0 Å². The van der Waals surface area contributed by atoms with Gasteiger partial charge in [0.1, 0.15) is 5.71 Å². The minimum Gasteiger partial charge on any atom is -0.490 e. The van der Waals surface area contributed by atoms with E-state index in [2.05, 4.69) is 10.5 Å². The lowest BCUT2D eigenvalue weighted by molar-refractivity contribution is -0.123. The van der Waals surface area contributed by atoms with Gasteiger partial charge in [-0.15, -0.1) is 0 Å². The molecule has 0 atom stereocenters. The van der Waals surface area contributed by atoms with Gasteiger partial charge in [0.05, 0.1) is 6.61 Å². The molecular formula is C20H19FN2O4. The van der Waals surface area contributed by atoms with E-state index < -0.39 is 11.7 Å². The van der Waals surface area contributed by atoms with Crippen LogP contribution in [0.5, 0.6) is 11.5 Å². The summed E-state index contributed by atoms with van der Waals surface area (Å²) in [4.78, 5) is 11.9. The zero-order valence-corrected chi connectivity index (χ0v) is 15.0. The van der Waals surface area contributed by atoms with Crippen molar-refractivity contribution in [3.8, 4) is 11.5 Å². The second-order valence-electron chi connectivity index (χ2n) is 5.67. The van der Waals surface area contributed by atoms with Crippen LogP contribution in [0.4, 0.5) is 4.39 Å². The molecule has 0 aliphatic heterocycles. The second kappa shape index (κ2) is 8.35. The maximum atomic E-state index is 13.5. The number of fused-ring (bicyclic) bond motifs is 1. The van der Waals surface area contributed by atoms with E-state index in [1.54, 1.807) is 19.1 Å². The molecule has 0 spiro atoms. The summed E-state index contributed by atoms with van der Waals surface area (Å²) in [5, 5.41) is 4.88. The summed E-state index contributed by atoms with van der Waals surface area (Å²) >= 11 is 0. The Morgan fingerprint density at radius 3 is 2.70 bits per heavy atom. The van der Waals surface area contributed by atoms with Gasteiger partial charge in [-0.25, -0.2) is 9.82 Å². The first-order chi connectivity index (χ1) is 13.1. The van der Waals surface area contributed by atoms with Gasteiger partial charge in [0.2, 0.25) is 0 Å². The molecule has 1 heterocycles. The molecule has 0 unspecified atom stereocenters. The van der Waals surface area contributed by atoms with Gasteiger partial charge in [-0.05, 0) is 38.1 Å². The van der Waals surface area contributed by atoms with Gasteiger partial charge in [0.15, 0.2) is 35.3 Å². The van der Waals surface area contributed by atoms with E-state index in [4.69, 9.17) is 13.9 Å². The van der Waals surface area contributed by atoms with Gasteiger partial charge in [-0.3, -0.25) is 4.79 Å². The van der Waals surface area contributed by atoms with E-state index in [1.165, 1.54) is 12.1 Å². The molecule has 27 heavy (non-hydrogen) atoms. The first kappa shape index (κ1) is 18.4. The van der Waals surface area contributed by atoms with Crippen molar-refractivity contribution in [1.82, 2.24) is 5.43 Å². The highest BCUT2D eigenvalue weighted by molar-refractivity contribution is 6.01. The molecule has 3 rings (SSSR count). The molecule has 0 fully saturated rings. The predicted molar refractivity (Wildman–Crippen MR) is 99.6 cm³/mol. The number of carbonyl (C=O) groups excluding carboxylic acids is 1. The van der Waals surface area contributed by atoms with Crippen LogP contribution in [-0.4, -0.2) is 24.8 Å². The van der Waals surface area contributed by atoms with Crippen molar-refractivity contribution in [1.29, 1.82) is 0 Å². The number of amides is 1. The summed E-state index contributed by atoms with van der Waals surface area (Å²) in [5.41, 5.74) is 3.47. The van der Waals surface area contributed by atoms with E-state index in [0.29, 0.717) is 29.4 Å². The molecule has 0 radical (unpaired) electrons. The van der Waals surface area contributed by atoms with Crippen molar-refractivity contribution in [2.75, 3.05) is 13.2 Å². The van der Waals surface area contributed by atoms with Crippen LogP contribution in [-0.2, 0) is 4.79 Å². The summed E-state index contributed by atoms with van der Waals surface area (Å²) in [7, 11) is 0. The lowest BCUT2D eigenvalue weighted by Crippen LogP contribution is -2.25. The third-order valence-electron chi connectivity index (χ3n) is 3.71. The highest BCUT2D eigenvalue weighted by Gasteiger charge is 2.12. The fourth-order valence-electron chi connectivity index (χ4n) is 2.42. The van der Waals surface area contributed by atoms with Gasteiger partial charge < -0.3 is 13.9 Å². The third-order valence-corrected chi connectivity index (χ3v) is 3.71. The quantitative estimate of drug-likeness (QED) is 0.506. The minimum atomic E-state index is -0.530. The predicted octanol–water partition coefficient (Wildman–Crippen LogP) is 3.89. The number of nitrogens with one attached hydrogen (secondary N) is 1. The molecule has 0 saturated carbocycles. The SMILES string of the molecule is CCOc1cccc2cc(/C(C)=N\NC(=O)COc3ccccc3F)oc12. The topological polar surface area (TPSA) is 73.1 Å². The Balaban J connectivity index is 1.65. The molecule has 1 N–H and O–H groups in total. The Kier molecular flexibility index (Phi) is 5.71. The molecule has 7 heteroatoms. The average Bonchev–Trinajstić information content (AvgIpc) is 3.11. The van der Waals surface area contributed by atoms with Gasteiger partial charge in [0.25, 0.3) is 5.91 Å². The van der Waals surface area contributed by atoms with E-state index >= 15 is 0 Å². The lowest BCUT2D eigenvalue weighted by Gasteiger charge is -2.06. The molecule has 1 aromatic heterocycles. The van der Waals surface area contributed by atoms with Gasteiger partial charge in [-0.2, -0.15) is 5.10 Å². The highest BCUT2D eigenvalue weighted by Crippen LogP contribution is 2.29. The monoisotopic (exact) mass is 370 g/mol. The minimum absolute atomic E-state index is 0.00842. The molecule has 0 aliphatic carbocycles. The fraction of sp³-hybridized carbons (Fsp3) is 0.200. The Bertz CT molecular complexity index is 981. The smallest absolute Gasteiger partial charge is 0.277 e. The Labute approximate surface area is 155 Å². The Morgan fingerprint density at radius 1 is 1.15 bits per heavy atom. The zero-order valence-electron chi connectivity index (χ0n) is 15.0. The van der Waals surface area contributed by atoms with E-state index in [0.717, 1.165) is 5.39 Å². The molecule has 2 aromatic carbocycles. The summed E-state index contributed by atoms with van der Waals surface area (Å²) in [6.07, 6.45) is 0. The molecule has 1 amide bonds. The number of carbonyl (C=O) groups is 1. The number of hydrogen-bond acceptors (Lipinski definition) is 5. The number of para-hydroxylation sites is 2. The standard InChI is InChI=1S/C20H19FN2O4/c1-3-25-17-10-6-7-14-11-18(27-20(14)17)13(2)22-23-19(24)12-26-16-9-5-4-8-15(16)21/h4-11H,3,12H2,1-2H3,(H,23,24)/b22-13-. The summed E-state index contributed by atoms with van der Waals surface area (Å²) in [6, 6.07) is 13.3. The molecule has 0 aliphatic rings.